The molecule has 1 aromatic rings. The van der Waals surface area contributed by atoms with E-state index in [1.165, 1.54) is 5.56 Å². The Bertz CT molecular complexity index is 253. The zero-order valence-electron chi connectivity index (χ0n) is 8.79. The lowest BCUT2D eigenvalue weighted by atomic mass is 10.1. The Balaban J connectivity index is 2.60. The first-order valence-corrected chi connectivity index (χ1v) is 4.78. The summed E-state index contributed by atoms with van der Waals surface area (Å²) in [5.74, 6) is 1.40. The predicted molar refractivity (Wildman–Crippen MR) is 52.6 cm³/mol. The van der Waals surface area contributed by atoms with E-state index in [1.54, 1.807) is 6.20 Å². The van der Waals surface area contributed by atoms with Gasteiger partial charge in [-0.3, -0.25) is 0 Å². The fraction of sp³-hybridized carbons (Fsp3) is 0.700. The van der Waals surface area contributed by atoms with Crippen LogP contribution >= 0.6 is 0 Å². The molecule has 1 rings (SSSR count). The van der Waals surface area contributed by atoms with Gasteiger partial charge in [0.1, 0.15) is 5.76 Å². The van der Waals surface area contributed by atoms with Crippen molar-refractivity contribution in [1.82, 2.24) is 10.5 Å². The Morgan fingerprint density at radius 1 is 1.38 bits per heavy atom. The van der Waals surface area contributed by atoms with Gasteiger partial charge in [0.2, 0.25) is 0 Å². The molecule has 0 spiro atoms. The van der Waals surface area contributed by atoms with Gasteiger partial charge in [0.15, 0.2) is 0 Å². The molecule has 0 amide bonds. The van der Waals surface area contributed by atoms with Crippen LogP contribution in [0.5, 0.6) is 0 Å². The molecule has 0 unspecified atom stereocenters. The van der Waals surface area contributed by atoms with E-state index in [1.807, 2.05) is 0 Å². The van der Waals surface area contributed by atoms with Crippen molar-refractivity contribution in [2.45, 2.75) is 46.2 Å². The second-order valence-electron chi connectivity index (χ2n) is 3.91. The lowest BCUT2D eigenvalue weighted by Gasteiger charge is -2.08. The third-order valence-corrected chi connectivity index (χ3v) is 1.90. The quantitative estimate of drug-likeness (QED) is 0.776. The van der Waals surface area contributed by atoms with Crippen LogP contribution in [-0.4, -0.2) is 11.2 Å². The van der Waals surface area contributed by atoms with Crippen LogP contribution in [0.15, 0.2) is 10.7 Å². The number of nitrogens with one attached hydrogen (secondary N) is 1. The van der Waals surface area contributed by atoms with E-state index in [2.05, 4.69) is 38.2 Å². The molecule has 0 bridgehead atoms. The van der Waals surface area contributed by atoms with Crippen LogP contribution in [0.4, 0.5) is 0 Å². The summed E-state index contributed by atoms with van der Waals surface area (Å²) in [4.78, 5) is 0. The van der Waals surface area contributed by atoms with E-state index < -0.39 is 0 Å². The number of aromatic nitrogens is 1. The molecule has 0 aromatic carbocycles. The molecule has 1 N–H and O–H groups in total. The topological polar surface area (TPSA) is 38.1 Å². The lowest BCUT2D eigenvalue weighted by Crippen LogP contribution is -2.22. The summed E-state index contributed by atoms with van der Waals surface area (Å²) in [6.07, 6.45) is 1.80. The van der Waals surface area contributed by atoms with E-state index in [9.17, 15) is 0 Å². The summed E-state index contributed by atoms with van der Waals surface area (Å²) in [7, 11) is 0. The molecule has 0 radical (unpaired) electrons. The summed E-state index contributed by atoms with van der Waals surface area (Å²) in [5, 5.41) is 7.15. The molecule has 0 fully saturated rings. The van der Waals surface area contributed by atoms with Gasteiger partial charge in [-0.25, -0.2) is 0 Å². The van der Waals surface area contributed by atoms with E-state index >= 15 is 0 Å². The molecule has 0 aliphatic rings. The van der Waals surface area contributed by atoms with Gasteiger partial charge in [0.05, 0.1) is 6.20 Å². The minimum absolute atomic E-state index is 0.409. The normalized spacial score (nSPS) is 11.5. The summed E-state index contributed by atoms with van der Waals surface area (Å²) < 4.78 is 5.17. The van der Waals surface area contributed by atoms with Crippen molar-refractivity contribution in [3.8, 4) is 0 Å². The zero-order chi connectivity index (χ0) is 9.84. The van der Waals surface area contributed by atoms with Gasteiger partial charge >= 0.3 is 0 Å². The van der Waals surface area contributed by atoms with Crippen molar-refractivity contribution in [1.29, 1.82) is 0 Å². The molecule has 13 heavy (non-hydrogen) atoms. The first-order chi connectivity index (χ1) is 6.11. The van der Waals surface area contributed by atoms with Crippen molar-refractivity contribution < 1.29 is 4.52 Å². The van der Waals surface area contributed by atoms with E-state index in [0.29, 0.717) is 12.0 Å². The van der Waals surface area contributed by atoms with E-state index in [4.69, 9.17) is 4.52 Å². The third-order valence-electron chi connectivity index (χ3n) is 1.90. The van der Waals surface area contributed by atoms with Crippen LogP contribution in [0.25, 0.3) is 0 Å². The maximum absolute atomic E-state index is 5.17. The van der Waals surface area contributed by atoms with Crippen molar-refractivity contribution in [3.63, 3.8) is 0 Å². The Labute approximate surface area is 79.5 Å². The second-order valence-corrected chi connectivity index (χ2v) is 3.91. The highest BCUT2D eigenvalue weighted by Gasteiger charge is 2.11. The Morgan fingerprint density at radius 3 is 2.62 bits per heavy atom. The molecule has 74 valence electrons. The SMILES string of the molecule is CC(C)NCc1cnoc1C(C)C. The van der Waals surface area contributed by atoms with Crippen molar-refractivity contribution in [2.24, 2.45) is 0 Å². The van der Waals surface area contributed by atoms with Gasteiger partial charge in [0, 0.05) is 24.1 Å². The van der Waals surface area contributed by atoms with Gasteiger partial charge in [-0.15, -0.1) is 0 Å². The fourth-order valence-electron chi connectivity index (χ4n) is 1.19. The Morgan fingerprint density at radius 2 is 2.08 bits per heavy atom. The Hall–Kier alpha value is -0.830. The molecule has 1 heterocycles. The van der Waals surface area contributed by atoms with Crippen molar-refractivity contribution in [2.75, 3.05) is 0 Å². The lowest BCUT2D eigenvalue weighted by molar-refractivity contribution is 0.368. The van der Waals surface area contributed by atoms with E-state index in [-0.39, 0.29) is 0 Å². The molecular weight excluding hydrogens is 164 g/mol. The van der Waals surface area contributed by atoms with Crippen LogP contribution in [0.3, 0.4) is 0 Å². The highest BCUT2D eigenvalue weighted by molar-refractivity contribution is 5.16. The molecule has 0 atom stereocenters. The fourth-order valence-corrected chi connectivity index (χ4v) is 1.19. The Kier molecular flexibility index (Phi) is 3.48. The average Bonchev–Trinajstić information content (AvgIpc) is 2.47. The first kappa shape index (κ1) is 10.3. The number of hydrogen-bond donors (Lipinski definition) is 1. The molecular formula is C10H18N2O. The maximum atomic E-state index is 5.17. The molecule has 1 aromatic heterocycles. The largest absolute Gasteiger partial charge is 0.361 e. The summed E-state index contributed by atoms with van der Waals surface area (Å²) in [6, 6.07) is 0.495. The van der Waals surface area contributed by atoms with Gasteiger partial charge in [-0.05, 0) is 0 Å². The predicted octanol–water partition coefficient (Wildman–Crippen LogP) is 2.30. The molecule has 0 aliphatic heterocycles. The van der Waals surface area contributed by atoms with E-state index in [0.717, 1.165) is 12.3 Å². The van der Waals surface area contributed by atoms with Gasteiger partial charge in [-0.2, -0.15) is 0 Å². The minimum Gasteiger partial charge on any atom is -0.361 e. The highest BCUT2D eigenvalue weighted by atomic mass is 16.5. The number of rotatable bonds is 4. The monoisotopic (exact) mass is 182 g/mol. The minimum atomic E-state index is 0.409. The maximum Gasteiger partial charge on any atom is 0.143 e. The van der Waals surface area contributed by atoms with Crippen LogP contribution in [0, 0.1) is 0 Å². The van der Waals surface area contributed by atoms with Gasteiger partial charge in [0.25, 0.3) is 0 Å². The van der Waals surface area contributed by atoms with Gasteiger partial charge < -0.3 is 9.84 Å². The van der Waals surface area contributed by atoms with Crippen LogP contribution in [-0.2, 0) is 6.54 Å². The highest BCUT2D eigenvalue weighted by Crippen LogP contribution is 2.18. The summed E-state index contributed by atoms with van der Waals surface area (Å²) >= 11 is 0. The summed E-state index contributed by atoms with van der Waals surface area (Å²) in [6.45, 7) is 9.32. The first-order valence-electron chi connectivity index (χ1n) is 4.78. The van der Waals surface area contributed by atoms with Crippen molar-refractivity contribution in [3.05, 3.63) is 17.5 Å². The standard InChI is InChI=1S/C10H18N2O/c1-7(2)10-9(6-12-13-10)5-11-8(3)4/h6-8,11H,5H2,1-4H3. The third kappa shape index (κ3) is 2.84. The molecule has 3 nitrogen and oxygen atoms in total. The van der Waals surface area contributed by atoms with Gasteiger partial charge in [-0.1, -0.05) is 32.9 Å². The van der Waals surface area contributed by atoms with Crippen molar-refractivity contribution >= 4 is 0 Å². The summed E-state index contributed by atoms with van der Waals surface area (Å²) in [5.41, 5.74) is 1.17. The number of nitrogens with zero attached hydrogens (tertiary/aromatic N) is 1. The molecule has 0 aliphatic carbocycles. The van der Waals surface area contributed by atoms with Crippen LogP contribution in [0.2, 0.25) is 0 Å². The van der Waals surface area contributed by atoms with Crippen LogP contribution in [0.1, 0.15) is 44.9 Å². The molecule has 0 saturated carbocycles. The molecule has 0 saturated heterocycles. The molecule has 3 heteroatoms. The smallest absolute Gasteiger partial charge is 0.143 e. The number of hydrogen-bond acceptors (Lipinski definition) is 3. The second kappa shape index (κ2) is 4.42. The zero-order valence-corrected chi connectivity index (χ0v) is 8.79. The average molecular weight is 182 g/mol. The van der Waals surface area contributed by atoms with Crippen LogP contribution < -0.4 is 5.32 Å².